The normalized spacial score (nSPS) is 36.5. The second-order valence-corrected chi connectivity index (χ2v) is 11.3. The van der Waals surface area contributed by atoms with Crippen LogP contribution in [-0.2, 0) is 20.7 Å². The van der Waals surface area contributed by atoms with Crippen LogP contribution in [-0.4, -0.2) is 35.0 Å². The van der Waals surface area contributed by atoms with Crippen molar-refractivity contribution in [3.05, 3.63) is 42.5 Å². The van der Waals surface area contributed by atoms with E-state index in [1.165, 1.54) is 7.11 Å². The molecule has 3 aliphatic carbocycles. The van der Waals surface area contributed by atoms with Crippen LogP contribution in [0.3, 0.4) is 0 Å². The molecule has 1 heterocycles. The third-order valence-corrected chi connectivity index (χ3v) is 9.12. The molecule has 1 aromatic heterocycles. The highest BCUT2D eigenvalue weighted by molar-refractivity contribution is 5.88. The molecule has 180 valence electrons. The number of rotatable bonds is 6. The molecule has 2 unspecified atom stereocenters. The average molecular weight is 454 g/mol. The van der Waals surface area contributed by atoms with Crippen molar-refractivity contribution in [2.75, 3.05) is 7.11 Å². The first kappa shape index (κ1) is 23.8. The lowest BCUT2D eigenvalue weighted by molar-refractivity contribution is -0.150. The number of methoxy groups -OCH3 is 1. The number of fused-ring (bicyclic) bond motifs is 3. The number of nitrogens with one attached hydrogen (secondary N) is 2. The quantitative estimate of drug-likeness (QED) is 0.481. The number of nitrogens with zero attached hydrogens (tertiary/aromatic N) is 1. The Kier molecular flexibility index (Phi) is 6.32. The van der Waals surface area contributed by atoms with Gasteiger partial charge in [0.25, 0.3) is 0 Å². The fourth-order valence-electron chi connectivity index (χ4n) is 7.16. The summed E-state index contributed by atoms with van der Waals surface area (Å²) < 4.78 is 5.00. The topological polar surface area (TPSA) is 84.1 Å². The molecule has 6 heteroatoms. The number of ether oxygens (including phenoxy) is 1. The third-order valence-electron chi connectivity index (χ3n) is 9.12. The molecule has 1 amide bonds. The van der Waals surface area contributed by atoms with Gasteiger partial charge in [-0.15, -0.1) is 6.58 Å². The maximum Gasteiger partial charge on any atom is 0.328 e. The van der Waals surface area contributed by atoms with Crippen molar-refractivity contribution >= 4 is 11.9 Å². The van der Waals surface area contributed by atoms with Crippen LogP contribution in [0.15, 0.2) is 36.8 Å². The third kappa shape index (κ3) is 4.17. The Morgan fingerprint density at radius 1 is 1.33 bits per heavy atom. The summed E-state index contributed by atoms with van der Waals surface area (Å²) in [4.78, 5) is 33.3. The van der Waals surface area contributed by atoms with Gasteiger partial charge in [0.2, 0.25) is 5.91 Å². The van der Waals surface area contributed by atoms with Crippen LogP contribution in [0.25, 0.3) is 0 Å². The highest BCUT2D eigenvalue weighted by Gasteiger charge is 2.57. The zero-order valence-electron chi connectivity index (χ0n) is 20.6. The molecule has 0 aromatic carbocycles. The van der Waals surface area contributed by atoms with E-state index < -0.39 is 17.4 Å². The first-order chi connectivity index (χ1) is 15.6. The van der Waals surface area contributed by atoms with Crippen LogP contribution in [0.5, 0.6) is 0 Å². The van der Waals surface area contributed by atoms with Crippen molar-refractivity contribution < 1.29 is 14.3 Å². The fraction of sp³-hybridized carbons (Fsp3) is 0.667. The van der Waals surface area contributed by atoms with Crippen LogP contribution in [0.4, 0.5) is 0 Å². The predicted octanol–water partition coefficient (Wildman–Crippen LogP) is 4.75. The SMILES string of the molecule is C=C[C@]1(C)CC=C2C(CCC3[C@@](C)(C(=O)N[C@@H](Cc4cnc[nH]4)C(=O)OC)CCC[C@]23C)C1. The van der Waals surface area contributed by atoms with Crippen molar-refractivity contribution in [1.82, 2.24) is 15.3 Å². The van der Waals surface area contributed by atoms with Crippen LogP contribution in [0.1, 0.15) is 71.4 Å². The van der Waals surface area contributed by atoms with Crippen LogP contribution < -0.4 is 5.32 Å². The molecule has 6 nitrogen and oxygen atoms in total. The van der Waals surface area contributed by atoms with E-state index in [1.54, 1.807) is 18.1 Å². The number of aromatic amines is 1. The molecular formula is C27H39N3O3. The van der Waals surface area contributed by atoms with Crippen molar-refractivity contribution in [2.24, 2.45) is 28.1 Å². The van der Waals surface area contributed by atoms with E-state index in [0.29, 0.717) is 12.3 Å². The Morgan fingerprint density at radius 2 is 2.12 bits per heavy atom. The van der Waals surface area contributed by atoms with E-state index in [9.17, 15) is 9.59 Å². The number of imidazole rings is 1. The fourth-order valence-corrected chi connectivity index (χ4v) is 7.16. The summed E-state index contributed by atoms with van der Waals surface area (Å²) in [6.07, 6.45) is 15.5. The van der Waals surface area contributed by atoms with Crippen molar-refractivity contribution in [3.8, 4) is 0 Å². The number of allylic oxidation sites excluding steroid dienone is 3. The zero-order chi connectivity index (χ0) is 23.9. The number of hydrogen-bond donors (Lipinski definition) is 2. The van der Waals surface area contributed by atoms with E-state index in [0.717, 1.165) is 50.6 Å². The summed E-state index contributed by atoms with van der Waals surface area (Å²) in [6, 6.07) is -0.730. The Balaban J connectivity index is 1.58. The van der Waals surface area contributed by atoms with E-state index in [4.69, 9.17) is 4.74 Å². The summed E-state index contributed by atoms with van der Waals surface area (Å²) in [5.41, 5.74) is 2.05. The van der Waals surface area contributed by atoms with Crippen LogP contribution in [0.2, 0.25) is 0 Å². The minimum absolute atomic E-state index is 0.0277. The molecule has 4 rings (SSSR count). The number of carbonyl (C=O) groups excluding carboxylic acids is 2. The van der Waals surface area contributed by atoms with E-state index >= 15 is 0 Å². The zero-order valence-corrected chi connectivity index (χ0v) is 20.6. The van der Waals surface area contributed by atoms with Gasteiger partial charge in [-0.1, -0.05) is 44.9 Å². The van der Waals surface area contributed by atoms with E-state index in [1.807, 2.05) is 0 Å². The Morgan fingerprint density at radius 3 is 2.79 bits per heavy atom. The van der Waals surface area contributed by atoms with Gasteiger partial charge in [-0.25, -0.2) is 9.78 Å². The van der Waals surface area contributed by atoms with E-state index in [2.05, 4.69) is 54.8 Å². The largest absolute Gasteiger partial charge is 0.467 e. The molecule has 6 atom stereocenters. The van der Waals surface area contributed by atoms with Gasteiger partial charge in [0.15, 0.2) is 0 Å². The Bertz CT molecular complexity index is 938. The van der Waals surface area contributed by atoms with Gasteiger partial charge in [0, 0.05) is 18.3 Å². The molecule has 3 aliphatic rings. The molecule has 0 radical (unpaired) electrons. The summed E-state index contributed by atoms with van der Waals surface area (Å²) >= 11 is 0. The molecule has 2 saturated carbocycles. The summed E-state index contributed by atoms with van der Waals surface area (Å²) in [5.74, 6) is 0.387. The van der Waals surface area contributed by atoms with Gasteiger partial charge >= 0.3 is 5.97 Å². The molecule has 1 aromatic rings. The Hall–Kier alpha value is -2.37. The van der Waals surface area contributed by atoms with Crippen molar-refractivity contribution in [3.63, 3.8) is 0 Å². The minimum Gasteiger partial charge on any atom is -0.467 e. The number of aromatic nitrogens is 2. The molecule has 33 heavy (non-hydrogen) atoms. The highest BCUT2D eigenvalue weighted by atomic mass is 16.5. The van der Waals surface area contributed by atoms with E-state index in [-0.39, 0.29) is 22.7 Å². The molecule has 2 N–H and O–H groups in total. The number of esters is 1. The van der Waals surface area contributed by atoms with Gasteiger partial charge in [0.05, 0.1) is 18.9 Å². The summed E-state index contributed by atoms with van der Waals surface area (Å²) in [7, 11) is 1.36. The van der Waals surface area contributed by atoms with Gasteiger partial charge < -0.3 is 15.0 Å². The van der Waals surface area contributed by atoms with Gasteiger partial charge in [0.1, 0.15) is 6.04 Å². The number of hydrogen-bond acceptors (Lipinski definition) is 4. The molecular weight excluding hydrogens is 414 g/mol. The summed E-state index contributed by atoms with van der Waals surface area (Å²) in [6.45, 7) is 10.9. The predicted molar refractivity (Wildman–Crippen MR) is 128 cm³/mol. The molecule has 0 bridgehead atoms. The first-order valence-corrected chi connectivity index (χ1v) is 12.4. The average Bonchev–Trinajstić information content (AvgIpc) is 3.30. The maximum absolute atomic E-state index is 13.8. The van der Waals surface area contributed by atoms with Crippen LogP contribution in [0, 0.1) is 28.1 Å². The van der Waals surface area contributed by atoms with Crippen molar-refractivity contribution in [1.29, 1.82) is 0 Å². The lowest BCUT2D eigenvalue weighted by atomic mass is 9.46. The van der Waals surface area contributed by atoms with Crippen LogP contribution >= 0.6 is 0 Å². The first-order valence-electron chi connectivity index (χ1n) is 12.4. The molecule has 0 aliphatic heterocycles. The number of carbonyl (C=O) groups is 2. The second-order valence-electron chi connectivity index (χ2n) is 11.3. The Labute approximate surface area is 197 Å². The molecule has 0 saturated heterocycles. The van der Waals surface area contributed by atoms with Gasteiger partial charge in [-0.3, -0.25) is 4.79 Å². The number of amides is 1. The highest BCUT2D eigenvalue weighted by Crippen LogP contribution is 2.63. The number of H-pyrrole nitrogens is 1. The minimum atomic E-state index is -0.730. The van der Waals surface area contributed by atoms with Gasteiger partial charge in [-0.2, -0.15) is 0 Å². The monoisotopic (exact) mass is 453 g/mol. The second kappa shape index (κ2) is 8.77. The van der Waals surface area contributed by atoms with Gasteiger partial charge in [-0.05, 0) is 61.2 Å². The lowest BCUT2D eigenvalue weighted by Gasteiger charge is -2.58. The van der Waals surface area contributed by atoms with Crippen molar-refractivity contribution in [2.45, 2.75) is 78.2 Å². The molecule has 0 spiro atoms. The maximum atomic E-state index is 13.8. The smallest absolute Gasteiger partial charge is 0.328 e. The standard InChI is InChI=1S/C27H39N3O3/c1-6-25(2)13-10-20-18(15-25)8-9-22-26(20,3)11-7-12-27(22,4)24(32)30-21(23(31)33-5)14-19-16-28-17-29-19/h6,10,16-18,21-22H,1,7-9,11-15H2,2-5H3,(H,28,29)(H,30,32)/t18?,21-,22?,25+,26+,27-/m0/s1. The summed E-state index contributed by atoms with van der Waals surface area (Å²) in [5, 5.41) is 3.07. The molecule has 2 fully saturated rings. The lowest BCUT2D eigenvalue weighted by Crippen LogP contribution is -2.57.